The molecule has 2 amide bonds. The molecule has 0 aliphatic carbocycles. The van der Waals surface area contributed by atoms with Crippen molar-refractivity contribution < 1.29 is 14.5 Å². The van der Waals surface area contributed by atoms with E-state index < -0.39 is 10.8 Å². The monoisotopic (exact) mass is 410 g/mol. The topological polar surface area (TPSA) is 139 Å². The van der Waals surface area contributed by atoms with E-state index in [0.29, 0.717) is 16.1 Å². The van der Waals surface area contributed by atoms with Crippen molar-refractivity contribution in [2.75, 3.05) is 5.32 Å². The Kier molecular flexibility index (Phi) is 6.32. The number of aromatic nitrogens is 2. The third kappa shape index (κ3) is 5.74. The van der Waals surface area contributed by atoms with Crippen molar-refractivity contribution in [1.29, 1.82) is 0 Å². The molecule has 3 rings (SSSR count). The quantitative estimate of drug-likeness (QED) is 0.348. The summed E-state index contributed by atoms with van der Waals surface area (Å²) in [5, 5.41) is 25.5. The lowest BCUT2D eigenvalue weighted by atomic mass is 10.2. The van der Waals surface area contributed by atoms with Gasteiger partial charge in [0, 0.05) is 23.3 Å². The van der Waals surface area contributed by atoms with Crippen molar-refractivity contribution >= 4 is 40.2 Å². The van der Waals surface area contributed by atoms with Gasteiger partial charge in [-0.25, -0.2) is 5.43 Å². The zero-order valence-electron chi connectivity index (χ0n) is 14.8. The number of non-ortho nitro benzene ring substituents is 1. The molecule has 2 aromatic carbocycles. The van der Waals surface area contributed by atoms with E-state index in [9.17, 15) is 19.7 Å². The first-order chi connectivity index (χ1) is 14.0. The third-order valence-electron chi connectivity index (χ3n) is 3.52. The molecule has 1 heterocycles. The van der Waals surface area contributed by atoms with Crippen molar-refractivity contribution in [3.05, 3.63) is 80.8 Å². The van der Waals surface area contributed by atoms with E-state index in [-0.39, 0.29) is 23.1 Å². The molecule has 146 valence electrons. The maximum Gasteiger partial charge on any atom is 0.270 e. The number of carbonyl (C=O) groups is 2. The molecule has 0 aliphatic rings. The Hall–Kier alpha value is -3.99. The van der Waals surface area contributed by atoms with Crippen LogP contribution in [0.4, 0.5) is 10.8 Å². The van der Waals surface area contributed by atoms with Gasteiger partial charge < -0.3 is 0 Å². The fourth-order valence-corrected chi connectivity index (χ4v) is 2.94. The Labute approximate surface area is 168 Å². The summed E-state index contributed by atoms with van der Waals surface area (Å²) in [5.74, 6) is -0.761. The molecule has 11 heteroatoms. The van der Waals surface area contributed by atoms with Crippen molar-refractivity contribution in [1.82, 2.24) is 15.6 Å². The molecule has 10 nitrogen and oxygen atoms in total. The van der Waals surface area contributed by atoms with Gasteiger partial charge in [0.15, 0.2) is 0 Å². The average molecular weight is 410 g/mol. The van der Waals surface area contributed by atoms with Crippen LogP contribution in [0.3, 0.4) is 0 Å². The highest BCUT2D eigenvalue weighted by Crippen LogP contribution is 2.17. The zero-order chi connectivity index (χ0) is 20.6. The Morgan fingerprint density at radius 2 is 1.93 bits per heavy atom. The van der Waals surface area contributed by atoms with Crippen LogP contribution in [-0.2, 0) is 11.2 Å². The highest BCUT2D eigenvalue weighted by molar-refractivity contribution is 7.15. The lowest BCUT2D eigenvalue weighted by Crippen LogP contribution is -2.19. The van der Waals surface area contributed by atoms with Crippen LogP contribution in [0.2, 0.25) is 0 Å². The number of hydrogen-bond acceptors (Lipinski definition) is 8. The fraction of sp³-hybridized carbons (Fsp3) is 0.0556. The van der Waals surface area contributed by atoms with Crippen LogP contribution < -0.4 is 10.7 Å². The van der Waals surface area contributed by atoms with E-state index in [0.717, 1.165) is 11.3 Å². The van der Waals surface area contributed by atoms with Crippen molar-refractivity contribution in [2.45, 2.75) is 6.42 Å². The van der Waals surface area contributed by atoms with Crippen molar-refractivity contribution in [2.24, 2.45) is 5.10 Å². The zero-order valence-corrected chi connectivity index (χ0v) is 15.6. The van der Waals surface area contributed by atoms with Crippen LogP contribution in [0.5, 0.6) is 0 Å². The highest BCUT2D eigenvalue weighted by Gasteiger charge is 2.12. The van der Waals surface area contributed by atoms with Gasteiger partial charge in [0.25, 0.3) is 11.6 Å². The SMILES string of the molecule is O=C(Cc1nnc(NC(=O)c2ccccc2)s1)N/N=C/c1cccc([N+](=O)[O-])c1. The number of amides is 2. The Bertz CT molecular complexity index is 1070. The summed E-state index contributed by atoms with van der Waals surface area (Å²) in [7, 11) is 0. The van der Waals surface area contributed by atoms with Gasteiger partial charge in [-0.1, -0.05) is 41.7 Å². The number of nitrogens with one attached hydrogen (secondary N) is 2. The summed E-state index contributed by atoms with van der Waals surface area (Å²) in [4.78, 5) is 34.3. The number of benzene rings is 2. The Balaban J connectivity index is 1.52. The molecule has 0 fully saturated rings. The number of rotatable bonds is 7. The summed E-state index contributed by atoms with van der Waals surface area (Å²) < 4.78 is 0. The molecular formula is C18H14N6O4S. The van der Waals surface area contributed by atoms with E-state index in [1.807, 2.05) is 0 Å². The molecule has 0 unspecified atom stereocenters. The molecule has 2 N–H and O–H groups in total. The van der Waals surface area contributed by atoms with Gasteiger partial charge in [-0.3, -0.25) is 25.0 Å². The maximum atomic E-state index is 12.1. The number of nitro benzene ring substituents is 1. The lowest BCUT2D eigenvalue weighted by Gasteiger charge is -1.99. The number of anilines is 1. The van der Waals surface area contributed by atoms with Gasteiger partial charge in [0.1, 0.15) is 5.01 Å². The van der Waals surface area contributed by atoms with Gasteiger partial charge in [-0.2, -0.15) is 5.10 Å². The van der Waals surface area contributed by atoms with Crippen LogP contribution in [0, 0.1) is 10.1 Å². The second kappa shape index (κ2) is 9.28. The first-order valence-electron chi connectivity index (χ1n) is 8.26. The molecule has 3 aromatic rings. The first kappa shape index (κ1) is 19.8. The summed E-state index contributed by atoms with van der Waals surface area (Å²) >= 11 is 1.08. The normalized spacial score (nSPS) is 10.6. The lowest BCUT2D eigenvalue weighted by molar-refractivity contribution is -0.384. The van der Waals surface area contributed by atoms with Crippen LogP contribution in [-0.4, -0.2) is 33.1 Å². The van der Waals surface area contributed by atoms with E-state index >= 15 is 0 Å². The van der Waals surface area contributed by atoms with Gasteiger partial charge in [-0.15, -0.1) is 10.2 Å². The van der Waals surface area contributed by atoms with E-state index in [1.54, 1.807) is 36.4 Å². The molecule has 1 aromatic heterocycles. The number of carbonyl (C=O) groups excluding carboxylic acids is 2. The van der Waals surface area contributed by atoms with E-state index in [2.05, 4.69) is 26.0 Å². The van der Waals surface area contributed by atoms with Crippen LogP contribution in [0.25, 0.3) is 0 Å². The van der Waals surface area contributed by atoms with E-state index in [4.69, 9.17) is 0 Å². The fourth-order valence-electron chi connectivity index (χ4n) is 2.21. The van der Waals surface area contributed by atoms with Gasteiger partial charge >= 0.3 is 0 Å². The Morgan fingerprint density at radius 1 is 1.14 bits per heavy atom. The number of nitro groups is 1. The summed E-state index contributed by atoms with van der Waals surface area (Å²) in [6.45, 7) is 0. The Morgan fingerprint density at radius 3 is 2.69 bits per heavy atom. The molecule has 0 saturated heterocycles. The molecule has 0 aliphatic heterocycles. The van der Waals surface area contributed by atoms with E-state index in [1.165, 1.54) is 24.4 Å². The number of hydrazone groups is 1. The van der Waals surface area contributed by atoms with Crippen molar-refractivity contribution in [3.8, 4) is 0 Å². The third-order valence-corrected chi connectivity index (χ3v) is 4.36. The summed E-state index contributed by atoms with van der Waals surface area (Å²) in [5.41, 5.74) is 3.20. The minimum Gasteiger partial charge on any atom is -0.296 e. The van der Waals surface area contributed by atoms with Crippen molar-refractivity contribution in [3.63, 3.8) is 0 Å². The standard InChI is InChI=1S/C18H14N6O4S/c25-15(21-19-11-12-5-4-8-14(9-12)24(27)28)10-16-22-23-18(29-16)20-17(26)13-6-2-1-3-7-13/h1-9,11H,10H2,(H,21,25)(H,20,23,26)/b19-11+. The predicted molar refractivity (Wildman–Crippen MR) is 107 cm³/mol. The molecular weight excluding hydrogens is 396 g/mol. The van der Waals surface area contributed by atoms with Gasteiger partial charge in [0.05, 0.1) is 17.6 Å². The second-order valence-electron chi connectivity index (χ2n) is 5.64. The highest BCUT2D eigenvalue weighted by atomic mass is 32.1. The predicted octanol–water partition coefficient (Wildman–Crippen LogP) is 2.39. The molecule has 0 atom stereocenters. The molecule has 0 saturated carbocycles. The minimum absolute atomic E-state index is 0.0702. The van der Waals surface area contributed by atoms with Crippen LogP contribution in [0.1, 0.15) is 20.9 Å². The first-order valence-corrected chi connectivity index (χ1v) is 9.08. The minimum atomic E-state index is -0.514. The number of hydrogen-bond donors (Lipinski definition) is 2. The molecule has 0 bridgehead atoms. The smallest absolute Gasteiger partial charge is 0.270 e. The number of nitrogens with zero attached hydrogens (tertiary/aromatic N) is 4. The average Bonchev–Trinajstić information content (AvgIpc) is 3.15. The molecule has 29 heavy (non-hydrogen) atoms. The van der Waals surface area contributed by atoms with Gasteiger partial charge in [-0.05, 0) is 12.1 Å². The molecule has 0 spiro atoms. The maximum absolute atomic E-state index is 12.1. The summed E-state index contributed by atoms with van der Waals surface area (Å²) in [6, 6.07) is 14.5. The summed E-state index contributed by atoms with van der Waals surface area (Å²) in [6.07, 6.45) is 1.22. The van der Waals surface area contributed by atoms with Crippen LogP contribution >= 0.6 is 11.3 Å². The second-order valence-corrected chi connectivity index (χ2v) is 6.71. The molecule has 0 radical (unpaired) electrons. The van der Waals surface area contributed by atoms with Gasteiger partial charge in [0.2, 0.25) is 11.0 Å². The van der Waals surface area contributed by atoms with Crippen LogP contribution in [0.15, 0.2) is 59.7 Å². The largest absolute Gasteiger partial charge is 0.296 e.